The highest BCUT2D eigenvalue weighted by molar-refractivity contribution is 7.10. The third-order valence-corrected chi connectivity index (χ3v) is 5.93. The molecule has 2 aliphatic rings. The van der Waals surface area contributed by atoms with Crippen LogP contribution in [-0.4, -0.2) is 0 Å². The average Bonchev–Trinajstić information content (AvgIpc) is 3.13. The molecule has 0 atom stereocenters. The van der Waals surface area contributed by atoms with Crippen molar-refractivity contribution in [2.45, 2.75) is 18.3 Å². The number of benzene rings is 2. The van der Waals surface area contributed by atoms with Crippen LogP contribution in [0.1, 0.15) is 21.6 Å². The molecule has 1 aromatic heterocycles. The van der Waals surface area contributed by atoms with E-state index >= 15 is 0 Å². The summed E-state index contributed by atoms with van der Waals surface area (Å²) >= 11 is 1.92. The molecule has 0 nitrogen and oxygen atoms in total. The third-order valence-electron chi connectivity index (χ3n) is 4.97. The first-order valence-electron chi connectivity index (χ1n) is 7.13. The quantitative estimate of drug-likeness (QED) is 0.551. The van der Waals surface area contributed by atoms with Gasteiger partial charge in [-0.25, -0.2) is 0 Å². The van der Waals surface area contributed by atoms with E-state index in [0.29, 0.717) is 0 Å². The van der Waals surface area contributed by atoms with Crippen LogP contribution >= 0.6 is 11.3 Å². The van der Waals surface area contributed by atoms with Crippen LogP contribution in [0.4, 0.5) is 0 Å². The Morgan fingerprint density at radius 3 is 2.05 bits per heavy atom. The minimum absolute atomic E-state index is 0.204. The molecule has 3 aromatic rings. The van der Waals surface area contributed by atoms with Gasteiger partial charge in [0.05, 0.1) is 0 Å². The third kappa shape index (κ3) is 1.17. The summed E-state index contributed by atoms with van der Waals surface area (Å²) in [7, 11) is 0. The second-order valence-electron chi connectivity index (χ2n) is 5.90. The van der Waals surface area contributed by atoms with E-state index < -0.39 is 0 Å². The zero-order valence-electron chi connectivity index (χ0n) is 11.1. The van der Waals surface area contributed by atoms with Crippen LogP contribution in [0.25, 0.3) is 11.1 Å². The largest absolute Gasteiger partial charge is 0.149 e. The van der Waals surface area contributed by atoms with E-state index in [1.807, 2.05) is 11.3 Å². The van der Waals surface area contributed by atoms with Gasteiger partial charge < -0.3 is 0 Å². The van der Waals surface area contributed by atoms with Gasteiger partial charge in [0, 0.05) is 10.3 Å². The Bertz CT molecular complexity index is 757. The summed E-state index contributed by atoms with van der Waals surface area (Å²) in [6.07, 6.45) is 2.34. The first-order valence-corrected chi connectivity index (χ1v) is 8.01. The van der Waals surface area contributed by atoms with Crippen LogP contribution in [0.2, 0.25) is 0 Å². The second kappa shape index (κ2) is 3.62. The van der Waals surface area contributed by atoms with Gasteiger partial charge in [0.1, 0.15) is 0 Å². The van der Waals surface area contributed by atoms with E-state index in [4.69, 9.17) is 0 Å². The van der Waals surface area contributed by atoms with Gasteiger partial charge in [0.15, 0.2) is 0 Å². The fourth-order valence-corrected chi connectivity index (χ4v) is 5.16. The van der Waals surface area contributed by atoms with Crippen molar-refractivity contribution in [3.8, 4) is 11.1 Å². The lowest BCUT2D eigenvalue weighted by molar-refractivity contribution is 0.565. The molecule has 0 saturated carbocycles. The van der Waals surface area contributed by atoms with Crippen LogP contribution in [0.15, 0.2) is 60.0 Å². The lowest BCUT2D eigenvalue weighted by Crippen LogP contribution is -2.25. The van der Waals surface area contributed by atoms with E-state index in [1.165, 1.54) is 35.1 Å². The van der Waals surface area contributed by atoms with Crippen LogP contribution in [0, 0.1) is 0 Å². The number of fused-ring (bicyclic) bond motifs is 6. The second-order valence-corrected chi connectivity index (χ2v) is 6.90. The lowest BCUT2D eigenvalue weighted by atomic mass is 9.76. The minimum atomic E-state index is 0.204. The van der Waals surface area contributed by atoms with Crippen molar-refractivity contribution in [1.29, 1.82) is 0 Å². The van der Waals surface area contributed by atoms with Crippen LogP contribution in [0.3, 0.4) is 0 Å². The highest BCUT2D eigenvalue weighted by Crippen LogP contribution is 2.55. The summed E-state index contributed by atoms with van der Waals surface area (Å²) in [6.45, 7) is 0. The maximum atomic E-state index is 2.34. The Morgan fingerprint density at radius 1 is 0.750 bits per heavy atom. The first kappa shape index (κ1) is 10.9. The summed E-state index contributed by atoms with van der Waals surface area (Å²) in [5, 5.41) is 2.24. The van der Waals surface area contributed by atoms with Crippen LogP contribution in [-0.2, 0) is 18.3 Å². The molecule has 0 unspecified atom stereocenters. The maximum absolute atomic E-state index is 2.34. The highest BCUT2D eigenvalue weighted by atomic mass is 32.1. The molecule has 2 aliphatic carbocycles. The first-order chi connectivity index (χ1) is 9.88. The van der Waals surface area contributed by atoms with Crippen molar-refractivity contribution >= 4 is 11.3 Å². The summed E-state index contributed by atoms with van der Waals surface area (Å²) in [4.78, 5) is 1.58. The van der Waals surface area contributed by atoms with E-state index in [-0.39, 0.29) is 5.41 Å². The standard InChI is InChI=1S/C19H14S/c1-3-7-16-14(5-1)15-6-2-4-8-17(15)19(16)11-13-9-10-20-18(13)12-19/h1-10H,11-12H2. The molecular formula is C19H14S. The monoisotopic (exact) mass is 274 g/mol. The molecule has 0 aliphatic heterocycles. The SMILES string of the molecule is c1ccc2c(c1)-c1ccccc1C21Cc2ccsc2C1. The molecule has 96 valence electrons. The van der Waals surface area contributed by atoms with Crippen molar-refractivity contribution < 1.29 is 0 Å². The molecule has 2 aromatic carbocycles. The van der Waals surface area contributed by atoms with Gasteiger partial charge in [-0.1, -0.05) is 48.5 Å². The Balaban J connectivity index is 1.84. The highest BCUT2D eigenvalue weighted by Gasteiger charge is 2.47. The molecule has 0 bridgehead atoms. The number of thiophene rings is 1. The van der Waals surface area contributed by atoms with Gasteiger partial charge in [0.25, 0.3) is 0 Å². The van der Waals surface area contributed by atoms with Crippen molar-refractivity contribution in [1.82, 2.24) is 0 Å². The molecule has 1 heterocycles. The van der Waals surface area contributed by atoms with Gasteiger partial charge in [-0.2, -0.15) is 0 Å². The zero-order valence-corrected chi connectivity index (χ0v) is 11.9. The summed E-state index contributed by atoms with van der Waals surface area (Å²) in [5.74, 6) is 0. The lowest BCUT2D eigenvalue weighted by Gasteiger charge is -2.26. The van der Waals surface area contributed by atoms with Crippen LogP contribution in [0.5, 0.6) is 0 Å². The van der Waals surface area contributed by atoms with Gasteiger partial charge in [-0.3, -0.25) is 0 Å². The number of hydrogen-bond donors (Lipinski definition) is 0. The average molecular weight is 274 g/mol. The Hall–Kier alpha value is -1.86. The fourth-order valence-electron chi connectivity index (χ4n) is 4.14. The van der Waals surface area contributed by atoms with E-state index in [9.17, 15) is 0 Å². The summed E-state index contributed by atoms with van der Waals surface area (Å²) in [5.41, 5.74) is 7.71. The summed E-state index contributed by atoms with van der Waals surface area (Å²) < 4.78 is 0. The minimum Gasteiger partial charge on any atom is -0.149 e. The molecule has 0 saturated heterocycles. The normalized spacial score (nSPS) is 17.0. The molecule has 0 N–H and O–H groups in total. The Morgan fingerprint density at radius 2 is 1.40 bits per heavy atom. The molecule has 1 heteroatoms. The molecule has 1 spiro atoms. The zero-order chi connectivity index (χ0) is 13.2. The molecular weight excluding hydrogens is 260 g/mol. The van der Waals surface area contributed by atoms with Gasteiger partial charge >= 0.3 is 0 Å². The molecule has 20 heavy (non-hydrogen) atoms. The van der Waals surface area contributed by atoms with Crippen LogP contribution < -0.4 is 0 Å². The van der Waals surface area contributed by atoms with E-state index in [0.717, 1.165) is 0 Å². The predicted octanol–water partition coefficient (Wildman–Crippen LogP) is 4.81. The van der Waals surface area contributed by atoms with E-state index in [2.05, 4.69) is 60.0 Å². The Kier molecular flexibility index (Phi) is 1.97. The summed E-state index contributed by atoms with van der Waals surface area (Å²) in [6, 6.07) is 20.3. The predicted molar refractivity (Wildman–Crippen MR) is 84.4 cm³/mol. The molecule has 0 radical (unpaired) electrons. The van der Waals surface area contributed by atoms with E-state index in [1.54, 1.807) is 10.4 Å². The van der Waals surface area contributed by atoms with Crippen molar-refractivity contribution in [2.75, 3.05) is 0 Å². The van der Waals surface area contributed by atoms with Gasteiger partial charge in [-0.15, -0.1) is 11.3 Å². The number of rotatable bonds is 0. The molecule has 0 fully saturated rings. The van der Waals surface area contributed by atoms with Crippen molar-refractivity contribution in [3.63, 3.8) is 0 Å². The van der Waals surface area contributed by atoms with Gasteiger partial charge in [0.2, 0.25) is 0 Å². The topological polar surface area (TPSA) is 0 Å². The molecule has 0 amide bonds. The Labute approximate surface area is 122 Å². The van der Waals surface area contributed by atoms with Gasteiger partial charge in [-0.05, 0) is 52.1 Å². The van der Waals surface area contributed by atoms with Crippen molar-refractivity contribution in [2.24, 2.45) is 0 Å². The smallest absolute Gasteiger partial charge is 0.0304 e. The van der Waals surface area contributed by atoms with Crippen molar-refractivity contribution in [3.05, 3.63) is 81.5 Å². The number of hydrogen-bond acceptors (Lipinski definition) is 1. The molecule has 5 rings (SSSR count). The fraction of sp³-hybridized carbons (Fsp3) is 0.158. The maximum Gasteiger partial charge on any atom is 0.0304 e.